The summed E-state index contributed by atoms with van der Waals surface area (Å²) in [5, 5.41) is 6.34. The highest BCUT2D eigenvalue weighted by molar-refractivity contribution is 7.80. The zero-order valence-electron chi connectivity index (χ0n) is 15.2. The van der Waals surface area contributed by atoms with Crippen LogP contribution in [0.4, 0.5) is 11.4 Å². The molecule has 7 heteroatoms. The molecule has 144 valence electrons. The maximum atomic E-state index is 12.6. The molecule has 4 rings (SSSR count). The van der Waals surface area contributed by atoms with E-state index in [9.17, 15) is 9.59 Å². The second-order valence-electron chi connectivity index (χ2n) is 6.51. The molecule has 1 heterocycles. The van der Waals surface area contributed by atoms with Crippen LogP contribution in [0.1, 0.15) is 26.3 Å². The molecule has 5 nitrogen and oxygen atoms in total. The van der Waals surface area contributed by atoms with Crippen LogP contribution >= 0.6 is 23.8 Å². The Labute approximate surface area is 178 Å². The molecule has 3 aromatic rings. The van der Waals surface area contributed by atoms with Gasteiger partial charge in [0.2, 0.25) is 0 Å². The number of anilines is 2. The minimum absolute atomic E-state index is 0.00735. The van der Waals surface area contributed by atoms with E-state index >= 15 is 0 Å². The van der Waals surface area contributed by atoms with E-state index in [4.69, 9.17) is 23.8 Å². The van der Waals surface area contributed by atoms with Crippen molar-refractivity contribution < 1.29 is 9.59 Å². The lowest BCUT2D eigenvalue weighted by Crippen LogP contribution is -2.34. The van der Waals surface area contributed by atoms with E-state index in [0.717, 1.165) is 16.8 Å². The van der Waals surface area contributed by atoms with Gasteiger partial charge in [-0.15, -0.1) is 0 Å². The first kappa shape index (κ1) is 19.1. The highest BCUT2D eigenvalue weighted by atomic mass is 35.5. The fourth-order valence-electron chi connectivity index (χ4n) is 3.13. The summed E-state index contributed by atoms with van der Waals surface area (Å²) in [5.41, 5.74) is 3.72. The number of nitrogens with zero attached hydrogens (tertiary/aromatic N) is 1. The average Bonchev–Trinajstić information content (AvgIpc) is 3.06. The van der Waals surface area contributed by atoms with Gasteiger partial charge in [0.15, 0.2) is 5.11 Å². The lowest BCUT2D eigenvalue weighted by atomic mass is 10.1. The number of hydrogen-bond acceptors (Lipinski definition) is 3. The Balaban J connectivity index is 1.38. The van der Waals surface area contributed by atoms with Crippen molar-refractivity contribution in [2.75, 3.05) is 10.2 Å². The molecule has 0 radical (unpaired) electrons. The van der Waals surface area contributed by atoms with Crippen LogP contribution in [0.15, 0.2) is 72.8 Å². The zero-order valence-corrected chi connectivity index (χ0v) is 16.8. The predicted molar refractivity (Wildman–Crippen MR) is 119 cm³/mol. The van der Waals surface area contributed by atoms with Gasteiger partial charge >= 0.3 is 0 Å². The molecule has 0 fully saturated rings. The largest absolute Gasteiger partial charge is 0.332 e. The van der Waals surface area contributed by atoms with Gasteiger partial charge in [0.1, 0.15) is 0 Å². The fraction of sp³-hybridized carbons (Fsp3) is 0.0455. The van der Waals surface area contributed by atoms with Gasteiger partial charge in [-0.3, -0.25) is 14.9 Å². The molecule has 0 unspecified atom stereocenters. The summed E-state index contributed by atoms with van der Waals surface area (Å²) in [6.07, 6.45) is 0. The molecule has 1 aliphatic rings. The molecule has 0 aromatic heterocycles. The number of carbonyl (C=O) groups excluding carboxylic acids is 2. The van der Waals surface area contributed by atoms with Crippen LogP contribution in [0.5, 0.6) is 0 Å². The van der Waals surface area contributed by atoms with E-state index in [2.05, 4.69) is 10.6 Å². The van der Waals surface area contributed by atoms with Crippen molar-refractivity contribution >= 4 is 52.1 Å². The number of rotatable bonds is 3. The predicted octanol–water partition coefficient (Wildman–Crippen LogP) is 4.63. The third kappa shape index (κ3) is 4.13. The maximum Gasteiger partial charge on any atom is 0.258 e. The number of nitrogens with one attached hydrogen (secondary N) is 2. The maximum absolute atomic E-state index is 12.6. The van der Waals surface area contributed by atoms with Crippen LogP contribution < -0.4 is 15.5 Å². The van der Waals surface area contributed by atoms with Crippen molar-refractivity contribution in [1.82, 2.24) is 5.32 Å². The molecule has 3 aromatic carbocycles. The second-order valence-corrected chi connectivity index (χ2v) is 7.36. The molecule has 1 aliphatic heterocycles. The molecule has 0 saturated carbocycles. The van der Waals surface area contributed by atoms with Crippen molar-refractivity contribution in [1.29, 1.82) is 0 Å². The van der Waals surface area contributed by atoms with Crippen molar-refractivity contribution in [3.8, 4) is 0 Å². The quantitative estimate of drug-likeness (QED) is 0.605. The normalized spacial score (nSPS) is 12.4. The molecule has 2 N–H and O–H groups in total. The monoisotopic (exact) mass is 421 g/mol. The minimum Gasteiger partial charge on any atom is -0.332 e. The van der Waals surface area contributed by atoms with Gasteiger partial charge in [0, 0.05) is 27.5 Å². The summed E-state index contributed by atoms with van der Waals surface area (Å²) in [4.78, 5) is 26.5. The third-order valence-corrected chi connectivity index (χ3v) is 5.05. The molecule has 2 amide bonds. The molecule has 0 atom stereocenters. The summed E-state index contributed by atoms with van der Waals surface area (Å²) in [5.74, 6) is -0.330. The Morgan fingerprint density at radius 3 is 2.34 bits per heavy atom. The molecule has 0 spiro atoms. The van der Waals surface area contributed by atoms with Gasteiger partial charge in [-0.2, -0.15) is 0 Å². The average molecular weight is 422 g/mol. The van der Waals surface area contributed by atoms with Gasteiger partial charge < -0.3 is 10.2 Å². The van der Waals surface area contributed by atoms with Gasteiger partial charge in [0.05, 0.1) is 6.54 Å². The van der Waals surface area contributed by atoms with Gasteiger partial charge in [-0.1, -0.05) is 29.8 Å². The minimum atomic E-state index is -0.323. The molecule has 0 aliphatic carbocycles. The Morgan fingerprint density at radius 1 is 0.966 bits per heavy atom. The van der Waals surface area contributed by atoms with Crippen molar-refractivity contribution in [2.45, 2.75) is 6.54 Å². The first-order valence-corrected chi connectivity index (χ1v) is 9.67. The van der Waals surface area contributed by atoms with Crippen molar-refractivity contribution in [3.63, 3.8) is 0 Å². The first-order valence-electron chi connectivity index (χ1n) is 8.89. The van der Waals surface area contributed by atoms with Crippen LogP contribution in [-0.2, 0) is 6.54 Å². The number of benzene rings is 3. The van der Waals surface area contributed by atoms with E-state index in [1.807, 2.05) is 48.5 Å². The molecule has 0 bridgehead atoms. The number of halogens is 1. The summed E-state index contributed by atoms with van der Waals surface area (Å²) < 4.78 is 0. The number of hydrogen-bond donors (Lipinski definition) is 2. The van der Waals surface area contributed by atoms with E-state index < -0.39 is 0 Å². The summed E-state index contributed by atoms with van der Waals surface area (Å²) in [7, 11) is 0. The van der Waals surface area contributed by atoms with E-state index in [0.29, 0.717) is 22.8 Å². The molecule has 0 saturated heterocycles. The zero-order chi connectivity index (χ0) is 20.4. The Kier molecular flexibility index (Phi) is 5.29. The molecular weight excluding hydrogens is 406 g/mol. The third-order valence-electron chi connectivity index (χ3n) is 4.59. The summed E-state index contributed by atoms with van der Waals surface area (Å²) in [6.45, 7) is 0.553. The Bertz CT molecular complexity index is 1100. The Hall–Kier alpha value is -3.22. The number of thiocarbonyl (C=S) groups is 1. The highest BCUT2D eigenvalue weighted by Gasteiger charge is 2.27. The topological polar surface area (TPSA) is 61.4 Å². The van der Waals surface area contributed by atoms with Crippen LogP contribution in [0.2, 0.25) is 5.02 Å². The van der Waals surface area contributed by atoms with E-state index in [1.165, 1.54) is 0 Å². The van der Waals surface area contributed by atoms with Gasteiger partial charge in [-0.25, -0.2) is 0 Å². The molecular formula is C22H16ClN3O2S. The van der Waals surface area contributed by atoms with Crippen LogP contribution in [0.3, 0.4) is 0 Å². The van der Waals surface area contributed by atoms with Crippen molar-refractivity contribution in [2.24, 2.45) is 0 Å². The lowest BCUT2D eigenvalue weighted by Gasteiger charge is -2.16. The van der Waals surface area contributed by atoms with Crippen molar-refractivity contribution in [3.05, 3.63) is 94.5 Å². The van der Waals surface area contributed by atoms with E-state index in [-0.39, 0.29) is 16.9 Å². The summed E-state index contributed by atoms with van der Waals surface area (Å²) >= 11 is 11.0. The Morgan fingerprint density at radius 2 is 1.66 bits per heavy atom. The summed E-state index contributed by atoms with van der Waals surface area (Å²) in [6, 6.07) is 21.5. The fourth-order valence-corrected chi connectivity index (χ4v) is 3.46. The van der Waals surface area contributed by atoms with Crippen LogP contribution in [0.25, 0.3) is 0 Å². The number of amides is 2. The number of fused-ring (bicyclic) bond motifs is 1. The van der Waals surface area contributed by atoms with Gasteiger partial charge in [0.25, 0.3) is 11.8 Å². The second kappa shape index (κ2) is 8.03. The van der Waals surface area contributed by atoms with Gasteiger partial charge in [-0.05, 0) is 72.4 Å². The SMILES string of the molecule is O=C(NC(=S)Nc1ccc(N2Cc3ccccc3C2=O)cc1)c1ccc(Cl)cc1. The van der Waals surface area contributed by atoms with Crippen LogP contribution in [0, 0.1) is 0 Å². The molecule has 29 heavy (non-hydrogen) atoms. The number of carbonyl (C=O) groups is 2. The first-order chi connectivity index (χ1) is 14.0. The standard InChI is InChI=1S/C22H16ClN3O2S/c23-16-7-5-14(6-8-16)20(27)25-22(29)24-17-9-11-18(12-10-17)26-13-15-3-1-2-4-19(15)21(26)28/h1-12H,13H2,(H2,24,25,27,29). The van der Waals surface area contributed by atoms with E-state index in [1.54, 1.807) is 29.2 Å². The highest BCUT2D eigenvalue weighted by Crippen LogP contribution is 2.28. The lowest BCUT2D eigenvalue weighted by molar-refractivity contribution is 0.0974. The van der Waals surface area contributed by atoms with Crippen LogP contribution in [-0.4, -0.2) is 16.9 Å². The smallest absolute Gasteiger partial charge is 0.258 e.